The number of aromatic nitrogens is 3. The van der Waals surface area contributed by atoms with E-state index >= 15 is 0 Å². The highest BCUT2D eigenvalue weighted by molar-refractivity contribution is 5.66. The Labute approximate surface area is 173 Å². The molecule has 31 heavy (non-hydrogen) atoms. The van der Waals surface area contributed by atoms with Crippen molar-refractivity contribution in [1.82, 2.24) is 14.6 Å². The molecule has 2 aromatic rings. The molecule has 3 N–H and O–H groups in total. The first kappa shape index (κ1) is 21.1. The lowest BCUT2D eigenvalue weighted by Gasteiger charge is -2.21. The first-order valence-corrected chi connectivity index (χ1v) is 9.33. The van der Waals surface area contributed by atoms with Crippen molar-refractivity contribution >= 4 is 17.5 Å². The van der Waals surface area contributed by atoms with Crippen LogP contribution < -0.4 is 5.73 Å². The van der Waals surface area contributed by atoms with Crippen LogP contribution in [0, 0.1) is 16.7 Å². The lowest BCUT2D eigenvalue weighted by atomic mass is 9.96. The largest absolute Gasteiger partial charge is 0.508 e. The van der Waals surface area contributed by atoms with Crippen molar-refractivity contribution in [2.45, 2.75) is 43.2 Å². The molecule has 1 saturated heterocycles. The molecule has 0 amide bonds. The molecule has 10 nitrogen and oxygen atoms in total. The molecule has 0 aromatic carbocycles. The van der Waals surface area contributed by atoms with Gasteiger partial charge in [0.1, 0.15) is 42.6 Å². The maximum absolute atomic E-state index is 12.9. The summed E-state index contributed by atoms with van der Waals surface area (Å²) in [5.41, 5.74) is 2.90. The van der Waals surface area contributed by atoms with Gasteiger partial charge in [0.2, 0.25) is 0 Å². The first-order chi connectivity index (χ1) is 14.6. The molecule has 0 bridgehead atoms. The fourth-order valence-electron chi connectivity index (χ4n) is 3.56. The van der Waals surface area contributed by atoms with E-state index < -0.39 is 48.8 Å². The minimum Gasteiger partial charge on any atom is -0.433 e. The highest BCUT2D eigenvalue weighted by Crippen LogP contribution is 2.57. The lowest BCUT2D eigenvalue weighted by molar-refractivity contribution is -0.198. The predicted octanol–water partition coefficient (Wildman–Crippen LogP) is 1.68. The highest BCUT2D eigenvalue weighted by atomic mass is 19.4. The number of hydrogen-bond donors (Lipinski definition) is 2. The number of nitrogens with zero attached hydrogens (tertiary/aromatic N) is 4. The van der Waals surface area contributed by atoms with Crippen LogP contribution in [0.1, 0.15) is 25.0 Å². The van der Waals surface area contributed by atoms with Crippen molar-refractivity contribution in [3.63, 3.8) is 0 Å². The Morgan fingerprint density at radius 3 is 2.81 bits per heavy atom. The molecule has 2 aliphatic rings. The van der Waals surface area contributed by atoms with Gasteiger partial charge in [-0.3, -0.25) is 0 Å². The summed E-state index contributed by atoms with van der Waals surface area (Å²) in [6, 6.07) is 5.16. The molecule has 3 heterocycles. The van der Waals surface area contributed by atoms with Gasteiger partial charge >= 0.3 is 12.3 Å². The number of halogens is 3. The van der Waals surface area contributed by atoms with Crippen LogP contribution in [0.3, 0.4) is 0 Å². The van der Waals surface area contributed by atoms with E-state index in [0.717, 1.165) is 0 Å². The number of carbonyl (C=O) groups is 1. The van der Waals surface area contributed by atoms with Crippen molar-refractivity contribution in [3.8, 4) is 6.07 Å². The fourth-order valence-corrected chi connectivity index (χ4v) is 3.56. The molecular formula is C18H18F3N5O5. The van der Waals surface area contributed by atoms with E-state index in [-0.39, 0.29) is 25.1 Å². The van der Waals surface area contributed by atoms with Crippen LogP contribution >= 0.6 is 0 Å². The average Bonchev–Trinajstić information content (AvgIpc) is 3.29. The van der Waals surface area contributed by atoms with Crippen LogP contribution in [-0.2, 0) is 19.8 Å². The van der Waals surface area contributed by atoms with Crippen LogP contribution in [0.2, 0.25) is 0 Å². The molecular weight excluding hydrogens is 423 g/mol. The van der Waals surface area contributed by atoms with Crippen molar-refractivity contribution in [3.05, 3.63) is 24.2 Å². The minimum atomic E-state index is -4.46. The molecule has 3 atom stereocenters. The first-order valence-electron chi connectivity index (χ1n) is 9.33. The van der Waals surface area contributed by atoms with Crippen LogP contribution in [0.25, 0.3) is 5.52 Å². The zero-order chi connectivity index (χ0) is 22.4. The van der Waals surface area contributed by atoms with E-state index in [0.29, 0.717) is 11.2 Å². The van der Waals surface area contributed by atoms with Gasteiger partial charge in [0.15, 0.2) is 11.4 Å². The van der Waals surface area contributed by atoms with Gasteiger partial charge in [-0.15, -0.1) is 0 Å². The maximum atomic E-state index is 12.9. The molecule has 0 spiro atoms. The number of anilines is 1. The Balaban J connectivity index is 1.40. The van der Waals surface area contributed by atoms with Gasteiger partial charge in [0.25, 0.3) is 0 Å². The summed E-state index contributed by atoms with van der Waals surface area (Å²) in [6.45, 7) is -1.34. The number of nitrogen functional groups attached to an aromatic ring is 1. The van der Waals surface area contributed by atoms with Gasteiger partial charge in [-0.25, -0.2) is 14.3 Å². The molecule has 2 fully saturated rings. The number of nitriles is 1. The standard InChI is InChI=1S/C18H18F3N5O5/c19-18(20,21)16(3-4-16)8-30-15(28)29-6-12-11(27)5-17(7-22,31-12)13-2-1-10-14(23)24-9-25-26(10)13/h1-2,9,11-12,27H,3-6,8H2,(H2,23,24,25)/t11-,12+,17-/m0/s1. The molecule has 1 saturated carbocycles. The normalized spacial score (nSPS) is 27.1. The number of ether oxygens (including phenoxy) is 3. The second-order valence-electron chi connectivity index (χ2n) is 7.66. The molecule has 13 heteroatoms. The smallest absolute Gasteiger partial charge is 0.433 e. The number of alkyl halides is 3. The summed E-state index contributed by atoms with van der Waals surface area (Å²) >= 11 is 0. The number of fused-ring (bicyclic) bond motifs is 1. The van der Waals surface area contributed by atoms with Crippen molar-refractivity contribution in [2.24, 2.45) is 5.41 Å². The van der Waals surface area contributed by atoms with Crippen molar-refractivity contribution in [2.75, 3.05) is 18.9 Å². The van der Waals surface area contributed by atoms with E-state index in [1.807, 2.05) is 6.07 Å². The van der Waals surface area contributed by atoms with Gasteiger partial charge < -0.3 is 25.1 Å². The maximum Gasteiger partial charge on any atom is 0.508 e. The van der Waals surface area contributed by atoms with E-state index in [1.165, 1.54) is 10.8 Å². The van der Waals surface area contributed by atoms with E-state index in [9.17, 15) is 28.3 Å². The topological polar surface area (TPSA) is 145 Å². The number of hydrogen-bond acceptors (Lipinski definition) is 9. The van der Waals surface area contributed by atoms with Gasteiger partial charge in [-0.05, 0) is 25.0 Å². The van der Waals surface area contributed by atoms with Gasteiger partial charge in [-0.1, -0.05) is 0 Å². The van der Waals surface area contributed by atoms with Gasteiger partial charge in [-0.2, -0.15) is 23.5 Å². The predicted molar refractivity (Wildman–Crippen MR) is 95.2 cm³/mol. The zero-order valence-electron chi connectivity index (χ0n) is 16.0. The third-order valence-corrected chi connectivity index (χ3v) is 5.64. The Kier molecular flexibility index (Phi) is 4.94. The summed E-state index contributed by atoms with van der Waals surface area (Å²) < 4.78 is 55.2. The Morgan fingerprint density at radius 2 is 2.16 bits per heavy atom. The summed E-state index contributed by atoms with van der Waals surface area (Å²) in [6.07, 6.45) is -7.24. The monoisotopic (exact) mass is 441 g/mol. The van der Waals surface area contributed by atoms with E-state index in [2.05, 4.69) is 14.8 Å². The quantitative estimate of drug-likeness (QED) is 0.662. The fraction of sp³-hybridized carbons (Fsp3) is 0.556. The van der Waals surface area contributed by atoms with Crippen LogP contribution in [-0.4, -0.2) is 57.5 Å². The number of aliphatic hydroxyl groups is 1. The lowest BCUT2D eigenvalue weighted by Crippen LogP contribution is -2.32. The summed E-state index contributed by atoms with van der Waals surface area (Å²) in [5.74, 6) is 0.183. The number of aliphatic hydroxyl groups excluding tert-OH is 1. The van der Waals surface area contributed by atoms with Crippen LogP contribution in [0.5, 0.6) is 0 Å². The minimum absolute atomic E-state index is 0.113. The second kappa shape index (κ2) is 7.24. The van der Waals surface area contributed by atoms with Gasteiger partial charge in [0.05, 0.1) is 11.8 Å². The molecule has 4 rings (SSSR count). The summed E-state index contributed by atoms with van der Waals surface area (Å²) in [4.78, 5) is 15.6. The average molecular weight is 441 g/mol. The Bertz CT molecular complexity index is 1050. The van der Waals surface area contributed by atoms with Crippen molar-refractivity contribution in [1.29, 1.82) is 5.26 Å². The highest BCUT2D eigenvalue weighted by Gasteiger charge is 2.64. The van der Waals surface area contributed by atoms with E-state index in [1.54, 1.807) is 12.1 Å². The van der Waals surface area contributed by atoms with Gasteiger partial charge in [0, 0.05) is 6.42 Å². The van der Waals surface area contributed by atoms with Crippen molar-refractivity contribution < 1.29 is 37.3 Å². The molecule has 166 valence electrons. The molecule has 0 unspecified atom stereocenters. The SMILES string of the molecule is N#C[C@]1(c2ccc3c(N)ncnn23)C[C@H](O)[C@@H](COC(=O)OCC2(C(F)(F)F)CC2)O1. The Hall–Kier alpha value is -3.11. The zero-order valence-corrected chi connectivity index (χ0v) is 16.0. The molecule has 2 aromatic heterocycles. The van der Waals surface area contributed by atoms with E-state index in [4.69, 9.17) is 15.2 Å². The third-order valence-electron chi connectivity index (χ3n) is 5.64. The summed E-state index contributed by atoms with van der Waals surface area (Å²) in [7, 11) is 0. The number of nitrogens with two attached hydrogens (primary N) is 1. The Morgan fingerprint density at radius 1 is 1.42 bits per heavy atom. The second-order valence-corrected chi connectivity index (χ2v) is 7.66. The van der Waals surface area contributed by atoms with Crippen LogP contribution in [0.15, 0.2) is 18.5 Å². The third kappa shape index (κ3) is 3.61. The number of rotatable bonds is 5. The molecule has 1 aliphatic carbocycles. The molecule has 0 radical (unpaired) electrons. The molecule has 1 aliphatic heterocycles. The summed E-state index contributed by atoms with van der Waals surface area (Å²) in [5, 5.41) is 24.2. The number of carbonyl (C=O) groups excluding carboxylic acids is 1. The van der Waals surface area contributed by atoms with Crippen LogP contribution in [0.4, 0.5) is 23.8 Å².